The zero-order chi connectivity index (χ0) is 14.4. The molecule has 1 aromatic carbocycles. The maximum Gasteiger partial charge on any atom is 0.0408 e. The molecule has 3 heteroatoms. The fraction of sp³-hybridized carbons (Fsp3) is 0.625. The molecule has 0 spiro atoms. The van der Waals surface area contributed by atoms with Crippen molar-refractivity contribution in [3.63, 3.8) is 0 Å². The number of aryl methyl sites for hydroxylation is 1. The third-order valence-electron chi connectivity index (χ3n) is 3.47. The van der Waals surface area contributed by atoms with Crippen LogP contribution in [0.15, 0.2) is 18.2 Å². The van der Waals surface area contributed by atoms with E-state index in [4.69, 9.17) is 11.6 Å². The van der Waals surface area contributed by atoms with Gasteiger partial charge in [-0.3, -0.25) is 0 Å². The van der Waals surface area contributed by atoms with Gasteiger partial charge in [0.15, 0.2) is 0 Å². The summed E-state index contributed by atoms with van der Waals surface area (Å²) in [7, 11) is 4.31. The van der Waals surface area contributed by atoms with Crippen LogP contribution >= 0.6 is 11.6 Å². The molecule has 19 heavy (non-hydrogen) atoms. The Labute approximate surface area is 123 Å². The third-order valence-corrected chi connectivity index (χ3v) is 3.71. The highest BCUT2D eigenvalue weighted by molar-refractivity contribution is 6.30. The van der Waals surface area contributed by atoms with Crippen molar-refractivity contribution in [2.24, 2.45) is 5.92 Å². The van der Waals surface area contributed by atoms with Crippen molar-refractivity contribution in [3.8, 4) is 0 Å². The monoisotopic (exact) mass is 282 g/mol. The zero-order valence-corrected chi connectivity index (χ0v) is 13.6. The second-order valence-electron chi connectivity index (χ2n) is 5.95. The Bertz CT molecular complexity index is 388. The van der Waals surface area contributed by atoms with Gasteiger partial charge < -0.3 is 10.2 Å². The largest absolute Gasteiger partial charge is 0.311 e. The van der Waals surface area contributed by atoms with E-state index in [1.807, 2.05) is 12.1 Å². The van der Waals surface area contributed by atoms with E-state index in [9.17, 15) is 0 Å². The van der Waals surface area contributed by atoms with Crippen molar-refractivity contribution < 1.29 is 0 Å². The molecule has 0 fully saturated rings. The second kappa shape index (κ2) is 7.88. The lowest BCUT2D eigenvalue weighted by atomic mass is 10.0. The van der Waals surface area contributed by atoms with Gasteiger partial charge in [0.2, 0.25) is 0 Å². The summed E-state index contributed by atoms with van der Waals surface area (Å²) in [5, 5.41) is 4.38. The molecule has 1 unspecified atom stereocenters. The molecule has 0 saturated carbocycles. The molecule has 108 valence electrons. The molecule has 0 amide bonds. The molecule has 0 aliphatic heterocycles. The Morgan fingerprint density at radius 1 is 1.26 bits per heavy atom. The lowest BCUT2D eigenvalue weighted by molar-refractivity contribution is 0.246. The van der Waals surface area contributed by atoms with E-state index in [0.717, 1.165) is 24.0 Å². The van der Waals surface area contributed by atoms with E-state index in [1.165, 1.54) is 17.5 Å². The van der Waals surface area contributed by atoms with Gasteiger partial charge in [-0.15, -0.1) is 0 Å². The fourth-order valence-corrected chi connectivity index (χ4v) is 2.48. The van der Waals surface area contributed by atoms with Crippen molar-refractivity contribution in [1.29, 1.82) is 0 Å². The first-order valence-corrected chi connectivity index (χ1v) is 7.40. The molecule has 0 saturated heterocycles. The number of nitrogens with one attached hydrogen (secondary N) is 1. The minimum atomic E-state index is 0.590. The summed E-state index contributed by atoms with van der Waals surface area (Å²) < 4.78 is 0. The topological polar surface area (TPSA) is 15.3 Å². The summed E-state index contributed by atoms with van der Waals surface area (Å²) in [6.07, 6.45) is 1.22. The lowest BCUT2D eigenvalue weighted by Crippen LogP contribution is -2.38. The number of hydrogen-bond donors (Lipinski definition) is 1. The van der Waals surface area contributed by atoms with Gasteiger partial charge in [-0.1, -0.05) is 31.5 Å². The average molecular weight is 283 g/mol. The maximum atomic E-state index is 5.97. The Balaban J connectivity index is 2.47. The van der Waals surface area contributed by atoms with Gasteiger partial charge in [0, 0.05) is 24.2 Å². The minimum absolute atomic E-state index is 0.590. The first-order valence-electron chi connectivity index (χ1n) is 7.02. The van der Waals surface area contributed by atoms with Crippen LogP contribution < -0.4 is 5.32 Å². The van der Waals surface area contributed by atoms with Crippen molar-refractivity contribution in [3.05, 3.63) is 34.3 Å². The van der Waals surface area contributed by atoms with Crippen LogP contribution in [0.2, 0.25) is 5.02 Å². The molecular formula is C16H27ClN2. The number of benzene rings is 1. The van der Waals surface area contributed by atoms with Crippen LogP contribution in [0.4, 0.5) is 0 Å². The van der Waals surface area contributed by atoms with Gasteiger partial charge in [-0.2, -0.15) is 0 Å². The molecule has 0 heterocycles. The smallest absolute Gasteiger partial charge is 0.0408 e. The molecule has 1 atom stereocenters. The number of likely N-dealkylation sites (N-methyl/N-ethyl adjacent to an activating group) is 1. The highest BCUT2D eigenvalue weighted by Gasteiger charge is 2.12. The molecule has 0 bridgehead atoms. The van der Waals surface area contributed by atoms with E-state index >= 15 is 0 Å². The van der Waals surface area contributed by atoms with Crippen molar-refractivity contribution in [2.75, 3.05) is 20.6 Å². The summed E-state index contributed by atoms with van der Waals surface area (Å²) >= 11 is 5.97. The Morgan fingerprint density at radius 3 is 2.47 bits per heavy atom. The van der Waals surface area contributed by atoms with Gasteiger partial charge >= 0.3 is 0 Å². The quantitative estimate of drug-likeness (QED) is 0.820. The van der Waals surface area contributed by atoms with Gasteiger partial charge in [0.05, 0.1) is 0 Å². The van der Waals surface area contributed by atoms with Crippen LogP contribution in [0.1, 0.15) is 31.4 Å². The highest BCUT2D eigenvalue weighted by Crippen LogP contribution is 2.15. The summed E-state index contributed by atoms with van der Waals surface area (Å²) in [6, 6.07) is 6.68. The lowest BCUT2D eigenvalue weighted by Gasteiger charge is -2.26. The van der Waals surface area contributed by atoms with E-state index in [0.29, 0.717) is 6.04 Å². The fourth-order valence-electron chi connectivity index (χ4n) is 2.25. The van der Waals surface area contributed by atoms with E-state index in [2.05, 4.69) is 51.1 Å². The normalized spacial score (nSPS) is 13.3. The van der Waals surface area contributed by atoms with Crippen LogP contribution in [-0.2, 0) is 6.54 Å². The van der Waals surface area contributed by atoms with Crippen molar-refractivity contribution >= 4 is 11.6 Å². The molecule has 0 aliphatic rings. The molecular weight excluding hydrogens is 256 g/mol. The van der Waals surface area contributed by atoms with Gasteiger partial charge in [-0.05, 0) is 56.6 Å². The Morgan fingerprint density at radius 2 is 1.95 bits per heavy atom. The summed E-state index contributed by atoms with van der Waals surface area (Å²) in [5.74, 6) is 0.728. The summed E-state index contributed by atoms with van der Waals surface area (Å²) in [4.78, 5) is 2.31. The molecule has 0 radical (unpaired) electrons. The van der Waals surface area contributed by atoms with Crippen molar-refractivity contribution in [2.45, 2.75) is 39.8 Å². The predicted molar refractivity (Wildman–Crippen MR) is 84.8 cm³/mol. The molecule has 1 rings (SSSR count). The van der Waals surface area contributed by atoms with Gasteiger partial charge in [0.1, 0.15) is 0 Å². The Kier molecular flexibility index (Phi) is 6.84. The van der Waals surface area contributed by atoms with Gasteiger partial charge in [-0.25, -0.2) is 0 Å². The third kappa shape index (κ3) is 5.94. The van der Waals surface area contributed by atoms with E-state index in [-0.39, 0.29) is 0 Å². The molecule has 1 aromatic rings. The highest BCUT2D eigenvalue weighted by atomic mass is 35.5. The van der Waals surface area contributed by atoms with Crippen LogP contribution in [0.5, 0.6) is 0 Å². The summed E-state index contributed by atoms with van der Waals surface area (Å²) in [5.41, 5.74) is 2.58. The van der Waals surface area contributed by atoms with Gasteiger partial charge in [0.25, 0.3) is 0 Å². The first kappa shape index (κ1) is 16.5. The van der Waals surface area contributed by atoms with E-state index < -0.39 is 0 Å². The van der Waals surface area contributed by atoms with E-state index in [1.54, 1.807) is 0 Å². The van der Waals surface area contributed by atoms with Crippen LogP contribution in [-0.4, -0.2) is 31.6 Å². The van der Waals surface area contributed by atoms with Crippen LogP contribution in [0, 0.1) is 12.8 Å². The predicted octanol–water partition coefficient (Wildman–Crippen LogP) is 3.71. The van der Waals surface area contributed by atoms with Crippen LogP contribution in [0.25, 0.3) is 0 Å². The standard InChI is InChI=1S/C16H27ClN2/c1-12(2)8-16(19(4)5)11-18-10-14-6-7-15(17)9-13(14)3/h6-7,9,12,16,18H,8,10-11H2,1-5H3. The van der Waals surface area contributed by atoms with Crippen molar-refractivity contribution in [1.82, 2.24) is 10.2 Å². The molecule has 0 aliphatic carbocycles. The zero-order valence-electron chi connectivity index (χ0n) is 12.8. The minimum Gasteiger partial charge on any atom is -0.311 e. The summed E-state index contributed by atoms with van der Waals surface area (Å²) in [6.45, 7) is 8.60. The average Bonchev–Trinajstić information content (AvgIpc) is 2.29. The number of hydrogen-bond acceptors (Lipinski definition) is 2. The molecule has 0 aromatic heterocycles. The maximum absolute atomic E-state index is 5.97. The SMILES string of the molecule is Cc1cc(Cl)ccc1CNCC(CC(C)C)N(C)C. The number of halogens is 1. The molecule has 2 nitrogen and oxygen atoms in total. The number of rotatable bonds is 7. The first-order chi connectivity index (χ1) is 8.90. The Hall–Kier alpha value is -0.570. The molecule has 1 N–H and O–H groups in total. The number of nitrogens with zero attached hydrogens (tertiary/aromatic N) is 1. The van der Waals surface area contributed by atoms with Crippen LogP contribution in [0.3, 0.4) is 0 Å². The second-order valence-corrected chi connectivity index (χ2v) is 6.39.